The van der Waals surface area contributed by atoms with Gasteiger partial charge >= 0.3 is 22.9 Å². The van der Waals surface area contributed by atoms with E-state index in [4.69, 9.17) is 9.47 Å². The minimum atomic E-state index is -1.21. The molecule has 1 aliphatic heterocycles. The predicted octanol–water partition coefficient (Wildman–Crippen LogP) is 2.98. The maximum atomic E-state index is 13.4. The zero-order chi connectivity index (χ0) is 26.9. The van der Waals surface area contributed by atoms with E-state index < -0.39 is 28.3 Å². The molecule has 3 aromatic rings. The molecule has 1 atom stereocenters. The molecule has 0 fully saturated rings. The summed E-state index contributed by atoms with van der Waals surface area (Å²) in [6.45, 7) is 3.23. The number of ether oxygens (including phenoxy) is 2. The second-order valence-electron chi connectivity index (χ2n) is 7.91. The van der Waals surface area contributed by atoms with Gasteiger partial charge in [0.05, 0.1) is 34.9 Å². The normalized spacial score (nSPS) is 13.9. The third kappa shape index (κ3) is 4.53. The summed E-state index contributed by atoms with van der Waals surface area (Å²) in [6, 6.07) is 9.38. The van der Waals surface area contributed by atoms with Gasteiger partial charge in [0.15, 0.2) is 0 Å². The van der Waals surface area contributed by atoms with Crippen LogP contribution in [0.2, 0.25) is 0 Å². The van der Waals surface area contributed by atoms with Crippen LogP contribution in [0.1, 0.15) is 38.4 Å². The molecule has 0 radical (unpaired) electrons. The number of carbonyl (C=O) groups excluding carboxylic acids is 2. The fraction of sp³-hybridized carbons (Fsp3) is 0.292. The number of nitro groups is 1. The standard InChI is InChI=1S/C24H23N5O7S/c1-5-18(30)27-16-10-8-7-9-14(16)20-22(32)25-24(37-4)26-28(20)23(27)15-11-13(35-3)12-17(29(33)34)21(15)36-19(31)6-2/h7-12,23H,5-6H2,1-4H3/p+1. The Morgan fingerprint density at radius 3 is 2.59 bits per heavy atom. The smallest absolute Gasteiger partial charge is 0.325 e. The summed E-state index contributed by atoms with van der Waals surface area (Å²) < 4.78 is 12.1. The summed E-state index contributed by atoms with van der Waals surface area (Å²) in [5, 5.41) is 16.9. The number of aromatic nitrogens is 3. The molecule has 4 rings (SSSR count). The van der Waals surface area contributed by atoms with Crippen LogP contribution in [0, 0.1) is 10.1 Å². The third-order valence-corrected chi connectivity index (χ3v) is 6.38. The Morgan fingerprint density at radius 1 is 1.24 bits per heavy atom. The minimum absolute atomic E-state index is 0.0496. The average molecular weight is 527 g/mol. The summed E-state index contributed by atoms with van der Waals surface area (Å²) in [4.78, 5) is 54.6. The van der Waals surface area contributed by atoms with Crippen molar-refractivity contribution in [3.05, 3.63) is 62.4 Å². The van der Waals surface area contributed by atoms with Crippen molar-refractivity contribution < 1.29 is 28.7 Å². The molecule has 1 N–H and O–H groups in total. The van der Waals surface area contributed by atoms with Gasteiger partial charge in [-0.25, -0.2) is 4.90 Å². The Bertz CT molecular complexity index is 1470. The summed E-state index contributed by atoms with van der Waals surface area (Å²) in [5.74, 6) is -1.32. The fourth-order valence-corrected chi connectivity index (χ4v) is 4.50. The molecule has 1 aliphatic rings. The number of hydrogen-bond donors (Lipinski definition) is 1. The van der Waals surface area contributed by atoms with Crippen LogP contribution in [0.4, 0.5) is 11.4 Å². The maximum absolute atomic E-state index is 13.4. The molecule has 2 aromatic carbocycles. The molecular formula is C24H24N5O7S+. The number of carbonyl (C=O) groups is 2. The maximum Gasteiger partial charge on any atom is 0.325 e. The number of amides is 1. The minimum Gasteiger partial charge on any atom is -0.496 e. The highest BCUT2D eigenvalue weighted by atomic mass is 32.2. The summed E-state index contributed by atoms with van der Waals surface area (Å²) in [5.41, 5.74) is 0.0477. The number of methoxy groups -OCH3 is 1. The second-order valence-corrected chi connectivity index (χ2v) is 8.71. The van der Waals surface area contributed by atoms with E-state index in [1.807, 2.05) is 0 Å². The first kappa shape index (κ1) is 25.8. The van der Waals surface area contributed by atoms with Crippen LogP contribution in [-0.2, 0) is 9.59 Å². The Labute approximate surface area is 215 Å². The number of thioether (sulfide) groups is 1. The van der Waals surface area contributed by atoms with Crippen LogP contribution >= 0.6 is 11.8 Å². The summed E-state index contributed by atoms with van der Waals surface area (Å²) >= 11 is 1.17. The monoisotopic (exact) mass is 526 g/mol. The zero-order valence-corrected chi connectivity index (χ0v) is 21.3. The molecule has 2 heterocycles. The number of benzene rings is 2. The topological polar surface area (TPSA) is 149 Å². The van der Waals surface area contributed by atoms with Crippen LogP contribution in [0.25, 0.3) is 11.3 Å². The van der Waals surface area contributed by atoms with Gasteiger partial charge in [0, 0.05) is 17.9 Å². The Hall–Kier alpha value is -4.26. The first-order chi connectivity index (χ1) is 17.7. The van der Waals surface area contributed by atoms with Crippen molar-refractivity contribution >= 4 is 35.0 Å². The second kappa shape index (κ2) is 10.4. The van der Waals surface area contributed by atoms with E-state index >= 15 is 0 Å². The molecule has 0 saturated carbocycles. The zero-order valence-electron chi connectivity index (χ0n) is 20.5. The van der Waals surface area contributed by atoms with Gasteiger partial charge in [0.1, 0.15) is 5.75 Å². The van der Waals surface area contributed by atoms with Crippen LogP contribution in [0.5, 0.6) is 11.5 Å². The number of hydrogen-bond acceptors (Lipinski definition) is 9. The first-order valence-electron chi connectivity index (χ1n) is 11.3. The molecule has 12 nitrogen and oxygen atoms in total. The Kier molecular flexibility index (Phi) is 7.25. The van der Waals surface area contributed by atoms with Crippen molar-refractivity contribution in [2.45, 2.75) is 38.0 Å². The van der Waals surface area contributed by atoms with Gasteiger partial charge in [-0.3, -0.25) is 29.5 Å². The summed E-state index contributed by atoms with van der Waals surface area (Å²) in [6.07, 6.45) is 0.539. The summed E-state index contributed by atoms with van der Waals surface area (Å²) in [7, 11) is 1.33. The lowest BCUT2D eigenvalue weighted by molar-refractivity contribution is -0.763. The number of H-pyrrole nitrogens is 1. The SMILES string of the molecule is CCC(=O)Oc1c(C2N(C(=O)CC)c3ccccc3-c3c(=O)[nH]c(SC)n[n+]32)cc(OC)cc1[N+](=O)[O-]. The van der Waals surface area contributed by atoms with E-state index in [2.05, 4.69) is 10.1 Å². The van der Waals surface area contributed by atoms with Crippen molar-refractivity contribution in [1.29, 1.82) is 0 Å². The number of nitrogens with zero attached hydrogens (tertiary/aromatic N) is 4. The molecule has 192 valence electrons. The number of nitrogens with one attached hydrogen (secondary N) is 1. The lowest BCUT2D eigenvalue weighted by Gasteiger charge is -2.32. The molecule has 0 spiro atoms. The molecule has 13 heteroatoms. The predicted molar refractivity (Wildman–Crippen MR) is 134 cm³/mol. The molecule has 0 bridgehead atoms. The van der Waals surface area contributed by atoms with Gasteiger partial charge in [-0.15, -0.1) is 0 Å². The first-order valence-corrected chi connectivity index (χ1v) is 12.6. The number of anilines is 1. The van der Waals surface area contributed by atoms with Crippen molar-refractivity contribution in [2.75, 3.05) is 18.3 Å². The molecule has 1 amide bonds. The van der Waals surface area contributed by atoms with Crippen molar-refractivity contribution in [1.82, 2.24) is 10.1 Å². The molecule has 37 heavy (non-hydrogen) atoms. The van der Waals surface area contributed by atoms with E-state index in [9.17, 15) is 24.5 Å². The molecule has 1 aromatic heterocycles. The third-order valence-electron chi connectivity index (χ3n) is 5.81. The lowest BCUT2D eigenvalue weighted by Crippen LogP contribution is -2.61. The fourth-order valence-electron chi connectivity index (χ4n) is 4.14. The van der Waals surface area contributed by atoms with Gasteiger partial charge in [0.25, 0.3) is 6.17 Å². The number of rotatable bonds is 7. The van der Waals surface area contributed by atoms with Crippen LogP contribution in [0.3, 0.4) is 0 Å². The number of fused-ring (bicyclic) bond motifs is 3. The van der Waals surface area contributed by atoms with Crippen molar-refractivity contribution in [3.8, 4) is 22.8 Å². The number of para-hydroxylation sites is 1. The highest BCUT2D eigenvalue weighted by Crippen LogP contribution is 2.44. The largest absolute Gasteiger partial charge is 0.496 e. The quantitative estimate of drug-likeness (QED) is 0.122. The van der Waals surface area contributed by atoms with E-state index in [0.29, 0.717) is 11.3 Å². The van der Waals surface area contributed by atoms with E-state index in [-0.39, 0.29) is 46.7 Å². The van der Waals surface area contributed by atoms with Gasteiger partial charge in [-0.2, -0.15) is 0 Å². The lowest BCUT2D eigenvalue weighted by atomic mass is 9.99. The van der Waals surface area contributed by atoms with Crippen LogP contribution in [0.15, 0.2) is 46.3 Å². The van der Waals surface area contributed by atoms with E-state index in [0.717, 1.165) is 6.07 Å². The van der Waals surface area contributed by atoms with E-state index in [1.165, 1.54) is 34.5 Å². The number of aromatic amines is 1. The van der Waals surface area contributed by atoms with E-state index in [1.54, 1.807) is 44.4 Å². The molecule has 0 saturated heterocycles. The highest BCUT2D eigenvalue weighted by molar-refractivity contribution is 7.98. The van der Waals surface area contributed by atoms with Crippen LogP contribution in [-0.4, -0.2) is 40.2 Å². The molecular weight excluding hydrogens is 502 g/mol. The van der Waals surface area contributed by atoms with Crippen molar-refractivity contribution in [3.63, 3.8) is 0 Å². The molecule has 1 unspecified atom stereocenters. The van der Waals surface area contributed by atoms with Gasteiger partial charge in [-0.1, -0.05) is 37.7 Å². The molecule has 0 aliphatic carbocycles. The number of nitro benzene ring substituents is 1. The number of esters is 1. The van der Waals surface area contributed by atoms with Gasteiger partial charge in [-0.05, 0) is 29.1 Å². The van der Waals surface area contributed by atoms with Crippen LogP contribution < -0.4 is 24.6 Å². The highest BCUT2D eigenvalue weighted by Gasteiger charge is 2.48. The van der Waals surface area contributed by atoms with Crippen molar-refractivity contribution in [2.24, 2.45) is 0 Å². The average Bonchev–Trinajstić information content (AvgIpc) is 2.91. The Morgan fingerprint density at radius 2 is 1.97 bits per heavy atom. The van der Waals surface area contributed by atoms with Gasteiger partial charge < -0.3 is 9.47 Å². The van der Waals surface area contributed by atoms with Gasteiger partial charge in [0.2, 0.25) is 16.8 Å². The Balaban J connectivity index is 2.17.